The van der Waals surface area contributed by atoms with Crippen LogP contribution in [0.3, 0.4) is 0 Å². The van der Waals surface area contributed by atoms with Crippen molar-refractivity contribution in [1.82, 2.24) is 10.2 Å². The predicted molar refractivity (Wildman–Crippen MR) is 94.7 cm³/mol. The van der Waals surface area contributed by atoms with Crippen LogP contribution < -0.4 is 5.32 Å². The second-order valence-electron chi connectivity index (χ2n) is 6.25. The average Bonchev–Trinajstić information content (AvgIpc) is 2.96. The molecule has 0 saturated carbocycles. The van der Waals surface area contributed by atoms with Crippen molar-refractivity contribution >= 4 is 28.5 Å². The van der Waals surface area contributed by atoms with Gasteiger partial charge < -0.3 is 14.5 Å². The fourth-order valence-electron chi connectivity index (χ4n) is 3.15. The van der Waals surface area contributed by atoms with Crippen molar-refractivity contribution in [3.05, 3.63) is 34.0 Å². The van der Waals surface area contributed by atoms with Crippen molar-refractivity contribution in [1.29, 1.82) is 0 Å². The van der Waals surface area contributed by atoms with Gasteiger partial charge in [-0.1, -0.05) is 11.6 Å². The highest BCUT2D eigenvalue weighted by Crippen LogP contribution is 2.32. The van der Waals surface area contributed by atoms with Gasteiger partial charge in [0.25, 0.3) is 0 Å². The number of amides is 1. The molecular formula is C18H23ClN2O3. The third-order valence-corrected chi connectivity index (χ3v) is 5.08. The molecule has 1 saturated heterocycles. The quantitative estimate of drug-likeness (QED) is 0.900. The van der Waals surface area contributed by atoms with Gasteiger partial charge in [0.2, 0.25) is 5.91 Å². The van der Waals surface area contributed by atoms with Crippen molar-refractivity contribution in [2.75, 3.05) is 39.4 Å². The fourth-order valence-corrected chi connectivity index (χ4v) is 3.30. The summed E-state index contributed by atoms with van der Waals surface area (Å²) in [6.07, 6.45) is 1.96. The lowest BCUT2D eigenvalue weighted by molar-refractivity contribution is -0.120. The molecule has 0 aliphatic carbocycles. The molecule has 1 N–H and O–H groups in total. The Hall–Kier alpha value is -1.56. The molecule has 1 amide bonds. The summed E-state index contributed by atoms with van der Waals surface area (Å²) in [5.74, 6) is 0.00190. The fraction of sp³-hybridized carbons (Fsp3) is 0.500. The largest absolute Gasteiger partial charge is 0.464 e. The van der Waals surface area contributed by atoms with Gasteiger partial charge in [-0.2, -0.15) is 0 Å². The number of ether oxygens (including phenoxy) is 1. The lowest BCUT2D eigenvalue weighted by Gasteiger charge is -2.26. The summed E-state index contributed by atoms with van der Waals surface area (Å²) in [7, 11) is 0. The number of rotatable bonds is 5. The first kappa shape index (κ1) is 17.3. The molecule has 1 aliphatic rings. The normalized spacial score (nSPS) is 15.8. The Kier molecular flexibility index (Phi) is 5.43. The molecule has 1 fully saturated rings. The van der Waals surface area contributed by atoms with Gasteiger partial charge >= 0.3 is 0 Å². The average molecular weight is 351 g/mol. The minimum absolute atomic E-state index is 0.00190. The maximum absolute atomic E-state index is 12.2. The van der Waals surface area contributed by atoms with Crippen LogP contribution in [0.15, 0.2) is 16.7 Å². The molecule has 0 bridgehead atoms. The molecule has 5 nitrogen and oxygen atoms in total. The molecule has 3 rings (SSSR count). The van der Waals surface area contributed by atoms with Crippen molar-refractivity contribution in [3.63, 3.8) is 0 Å². The molecule has 0 atom stereocenters. The Morgan fingerprint density at radius 3 is 2.83 bits per heavy atom. The summed E-state index contributed by atoms with van der Waals surface area (Å²) in [6.45, 7) is 8.82. The number of aryl methyl sites for hydroxylation is 2. The van der Waals surface area contributed by atoms with E-state index in [9.17, 15) is 4.79 Å². The molecule has 6 heteroatoms. The lowest BCUT2D eigenvalue weighted by atomic mass is 10.0. The van der Waals surface area contributed by atoms with E-state index in [2.05, 4.69) is 10.2 Å². The summed E-state index contributed by atoms with van der Waals surface area (Å²) >= 11 is 6.33. The minimum Gasteiger partial charge on any atom is -0.464 e. The molecule has 130 valence electrons. The van der Waals surface area contributed by atoms with Crippen molar-refractivity contribution in [2.24, 2.45) is 0 Å². The molecule has 1 aliphatic heterocycles. The zero-order chi connectivity index (χ0) is 17.1. The lowest BCUT2D eigenvalue weighted by Crippen LogP contribution is -2.41. The first-order chi connectivity index (χ1) is 11.6. The number of hydrogen-bond donors (Lipinski definition) is 1. The number of hydrogen-bond acceptors (Lipinski definition) is 4. The molecule has 0 unspecified atom stereocenters. The van der Waals surface area contributed by atoms with E-state index in [1.54, 1.807) is 6.26 Å². The summed E-state index contributed by atoms with van der Waals surface area (Å²) in [6, 6.07) is 1.92. The number of furan rings is 1. The van der Waals surface area contributed by atoms with Gasteiger partial charge in [0, 0.05) is 42.2 Å². The summed E-state index contributed by atoms with van der Waals surface area (Å²) in [5, 5.41) is 4.67. The van der Waals surface area contributed by atoms with Crippen molar-refractivity contribution < 1.29 is 13.9 Å². The van der Waals surface area contributed by atoms with Crippen LogP contribution in [-0.2, 0) is 16.0 Å². The molecule has 0 radical (unpaired) electrons. The maximum atomic E-state index is 12.2. The third-order valence-electron chi connectivity index (χ3n) is 4.50. The number of carbonyl (C=O) groups is 1. The highest BCUT2D eigenvalue weighted by atomic mass is 35.5. The van der Waals surface area contributed by atoms with Crippen LogP contribution in [0.25, 0.3) is 11.0 Å². The number of carbonyl (C=O) groups excluding carboxylic acids is 1. The second-order valence-corrected chi connectivity index (χ2v) is 6.63. The Morgan fingerprint density at radius 1 is 1.33 bits per heavy atom. The van der Waals surface area contributed by atoms with Gasteiger partial charge in [-0.15, -0.1) is 0 Å². The number of fused-ring (bicyclic) bond motifs is 1. The summed E-state index contributed by atoms with van der Waals surface area (Å²) in [4.78, 5) is 14.5. The number of nitrogens with one attached hydrogen (secondary N) is 1. The van der Waals surface area contributed by atoms with Crippen LogP contribution in [-0.4, -0.2) is 50.2 Å². The molecule has 1 aromatic heterocycles. The van der Waals surface area contributed by atoms with E-state index >= 15 is 0 Å². The number of nitrogens with zero attached hydrogens (tertiary/aromatic N) is 1. The monoisotopic (exact) mass is 350 g/mol. The van der Waals surface area contributed by atoms with Crippen LogP contribution in [0.5, 0.6) is 0 Å². The van der Waals surface area contributed by atoms with Gasteiger partial charge in [0.05, 0.1) is 25.9 Å². The molecule has 1 aromatic carbocycles. The second kappa shape index (κ2) is 7.55. The Labute approximate surface area is 146 Å². The van der Waals surface area contributed by atoms with E-state index in [1.807, 2.05) is 19.9 Å². The van der Waals surface area contributed by atoms with Gasteiger partial charge in [-0.05, 0) is 31.0 Å². The third kappa shape index (κ3) is 3.74. The first-order valence-electron chi connectivity index (χ1n) is 8.29. The maximum Gasteiger partial charge on any atom is 0.224 e. The molecule has 2 aromatic rings. The Bertz CT molecular complexity index is 735. The van der Waals surface area contributed by atoms with Crippen molar-refractivity contribution in [3.8, 4) is 0 Å². The van der Waals surface area contributed by atoms with Crippen LogP contribution >= 0.6 is 11.6 Å². The van der Waals surface area contributed by atoms with Gasteiger partial charge in [-0.3, -0.25) is 9.69 Å². The molecule has 2 heterocycles. The standard InChI is InChI=1S/C18H23ClN2O3/c1-12-9-15-17(13(2)18(12)19)14(11-24-15)10-16(22)20-3-4-21-5-7-23-8-6-21/h9,11H,3-8,10H2,1-2H3,(H,20,22). The first-order valence-corrected chi connectivity index (χ1v) is 8.66. The van der Waals surface area contributed by atoms with E-state index in [1.165, 1.54) is 0 Å². The van der Waals surface area contributed by atoms with E-state index in [0.29, 0.717) is 13.0 Å². The molecular weight excluding hydrogens is 328 g/mol. The summed E-state index contributed by atoms with van der Waals surface area (Å²) in [5.41, 5.74) is 3.62. The topological polar surface area (TPSA) is 54.7 Å². The number of halogens is 1. The van der Waals surface area contributed by atoms with Gasteiger partial charge in [0.1, 0.15) is 5.58 Å². The zero-order valence-electron chi connectivity index (χ0n) is 14.2. The van der Waals surface area contributed by atoms with Crippen LogP contribution in [0.1, 0.15) is 16.7 Å². The van der Waals surface area contributed by atoms with E-state index in [-0.39, 0.29) is 5.91 Å². The Morgan fingerprint density at radius 2 is 2.08 bits per heavy atom. The van der Waals surface area contributed by atoms with Crippen LogP contribution in [0, 0.1) is 13.8 Å². The molecule has 24 heavy (non-hydrogen) atoms. The Balaban J connectivity index is 1.60. The zero-order valence-corrected chi connectivity index (χ0v) is 14.9. The minimum atomic E-state index is 0.00190. The van der Waals surface area contributed by atoms with E-state index in [0.717, 1.165) is 65.5 Å². The molecule has 0 spiro atoms. The van der Waals surface area contributed by atoms with Gasteiger partial charge in [0.15, 0.2) is 0 Å². The number of benzene rings is 1. The SMILES string of the molecule is Cc1cc2occ(CC(=O)NCCN3CCOCC3)c2c(C)c1Cl. The highest BCUT2D eigenvalue weighted by molar-refractivity contribution is 6.33. The van der Waals surface area contributed by atoms with Crippen LogP contribution in [0.2, 0.25) is 5.02 Å². The summed E-state index contributed by atoms with van der Waals surface area (Å²) < 4.78 is 10.9. The highest BCUT2D eigenvalue weighted by Gasteiger charge is 2.16. The van der Waals surface area contributed by atoms with Crippen molar-refractivity contribution in [2.45, 2.75) is 20.3 Å². The number of morpholine rings is 1. The van der Waals surface area contributed by atoms with E-state index < -0.39 is 0 Å². The van der Waals surface area contributed by atoms with Gasteiger partial charge in [-0.25, -0.2) is 0 Å². The predicted octanol–water partition coefficient (Wildman–Crippen LogP) is 2.69. The van der Waals surface area contributed by atoms with Crippen LogP contribution in [0.4, 0.5) is 0 Å². The smallest absolute Gasteiger partial charge is 0.224 e. The van der Waals surface area contributed by atoms with E-state index in [4.69, 9.17) is 20.8 Å².